The summed E-state index contributed by atoms with van der Waals surface area (Å²) in [5, 5.41) is 2.84. The molecule has 2 saturated heterocycles. The average Bonchev–Trinajstić information content (AvgIpc) is 3.16. The highest BCUT2D eigenvalue weighted by atomic mass is 16.5. The molecular formula is C18H29N3O7. The molecule has 2 rings (SSSR count). The van der Waals surface area contributed by atoms with Gasteiger partial charge in [-0.25, -0.2) is 4.79 Å². The molecule has 0 radical (unpaired) electrons. The number of hydrogen-bond donors (Lipinski definition) is 1. The molecule has 2 fully saturated rings. The number of carbonyl (C=O) groups is 4. The first-order valence-electron chi connectivity index (χ1n) is 9.37. The van der Waals surface area contributed by atoms with Crippen LogP contribution in [0.2, 0.25) is 0 Å². The van der Waals surface area contributed by atoms with E-state index in [1.165, 1.54) is 31.1 Å². The van der Waals surface area contributed by atoms with Crippen LogP contribution in [-0.4, -0.2) is 99.2 Å². The standard InChI is InChI=1S/C18H29N3O7/c1-26-10-15(22)19-12-6-8-20(16(23)11-27-2)14(9-12)17(24)21-7-4-5-13(21)18(25)28-3/h12-14H,4-11H2,1-3H3,(H,19,22)/t12-,13+,14-/m0/s1. The van der Waals surface area contributed by atoms with Crippen molar-refractivity contribution >= 4 is 23.7 Å². The fourth-order valence-electron chi connectivity index (χ4n) is 3.84. The minimum atomic E-state index is -0.769. The van der Waals surface area contributed by atoms with Crippen molar-refractivity contribution in [2.75, 3.05) is 47.6 Å². The fourth-order valence-corrected chi connectivity index (χ4v) is 3.84. The highest BCUT2D eigenvalue weighted by Crippen LogP contribution is 2.25. The maximum Gasteiger partial charge on any atom is 0.328 e. The third kappa shape index (κ3) is 5.20. The van der Waals surface area contributed by atoms with Gasteiger partial charge in [-0.1, -0.05) is 0 Å². The third-order valence-corrected chi connectivity index (χ3v) is 5.13. The smallest absolute Gasteiger partial charge is 0.328 e. The van der Waals surface area contributed by atoms with Crippen molar-refractivity contribution in [3.8, 4) is 0 Å². The van der Waals surface area contributed by atoms with Gasteiger partial charge in [0.05, 0.1) is 7.11 Å². The maximum absolute atomic E-state index is 13.3. The van der Waals surface area contributed by atoms with Crippen LogP contribution in [0.15, 0.2) is 0 Å². The molecule has 0 aromatic heterocycles. The second-order valence-electron chi connectivity index (χ2n) is 6.97. The molecule has 2 aliphatic rings. The van der Waals surface area contributed by atoms with Crippen LogP contribution < -0.4 is 5.32 Å². The zero-order chi connectivity index (χ0) is 20.7. The van der Waals surface area contributed by atoms with Crippen LogP contribution in [0.1, 0.15) is 25.7 Å². The predicted octanol–water partition coefficient (Wildman–Crippen LogP) is -1.08. The van der Waals surface area contributed by atoms with Gasteiger partial charge in [0.15, 0.2) is 0 Å². The molecule has 0 bridgehead atoms. The van der Waals surface area contributed by atoms with Crippen molar-refractivity contribution in [3.63, 3.8) is 0 Å². The van der Waals surface area contributed by atoms with E-state index in [0.717, 1.165) is 0 Å². The van der Waals surface area contributed by atoms with Gasteiger partial charge in [-0.2, -0.15) is 0 Å². The van der Waals surface area contributed by atoms with Crippen LogP contribution in [0.4, 0.5) is 0 Å². The first-order chi connectivity index (χ1) is 13.4. The number of esters is 1. The molecule has 0 saturated carbocycles. The van der Waals surface area contributed by atoms with Gasteiger partial charge < -0.3 is 29.3 Å². The summed E-state index contributed by atoms with van der Waals surface area (Å²) in [5.41, 5.74) is 0. The molecule has 10 nitrogen and oxygen atoms in total. The Morgan fingerprint density at radius 3 is 2.29 bits per heavy atom. The number of likely N-dealkylation sites (tertiary alicyclic amines) is 2. The largest absolute Gasteiger partial charge is 0.467 e. The number of piperidine rings is 1. The second kappa shape index (κ2) is 10.4. The lowest BCUT2D eigenvalue weighted by molar-refractivity contribution is -0.156. The van der Waals surface area contributed by atoms with Gasteiger partial charge in [-0.15, -0.1) is 0 Å². The van der Waals surface area contributed by atoms with Crippen molar-refractivity contribution in [2.24, 2.45) is 0 Å². The Bertz CT molecular complexity index is 598. The van der Waals surface area contributed by atoms with Crippen LogP contribution in [0.3, 0.4) is 0 Å². The van der Waals surface area contributed by atoms with Gasteiger partial charge in [0.25, 0.3) is 0 Å². The van der Waals surface area contributed by atoms with Crippen molar-refractivity contribution in [3.05, 3.63) is 0 Å². The molecule has 3 atom stereocenters. The van der Waals surface area contributed by atoms with Gasteiger partial charge in [0.1, 0.15) is 25.3 Å². The van der Waals surface area contributed by atoms with E-state index in [-0.39, 0.29) is 43.4 Å². The molecule has 2 heterocycles. The fraction of sp³-hybridized carbons (Fsp3) is 0.778. The first kappa shape index (κ1) is 22.1. The van der Waals surface area contributed by atoms with E-state index in [0.29, 0.717) is 32.4 Å². The molecule has 2 aliphatic heterocycles. The van der Waals surface area contributed by atoms with Gasteiger partial charge >= 0.3 is 5.97 Å². The quantitative estimate of drug-likeness (QED) is 0.542. The number of rotatable bonds is 7. The second-order valence-corrected chi connectivity index (χ2v) is 6.97. The molecule has 0 aromatic rings. The SMILES string of the molecule is COCC(=O)N[C@H]1CCN(C(=O)COC)[C@H](C(=O)N2CCC[C@@H]2C(=O)OC)C1. The summed E-state index contributed by atoms with van der Waals surface area (Å²) in [6, 6.07) is -1.67. The molecule has 3 amide bonds. The van der Waals surface area contributed by atoms with Crippen LogP contribution in [0.25, 0.3) is 0 Å². The number of ether oxygens (including phenoxy) is 3. The predicted molar refractivity (Wildman–Crippen MR) is 97.2 cm³/mol. The van der Waals surface area contributed by atoms with Crippen LogP contribution >= 0.6 is 0 Å². The van der Waals surface area contributed by atoms with Gasteiger partial charge in [-0.3, -0.25) is 14.4 Å². The molecule has 0 aliphatic carbocycles. The first-order valence-corrected chi connectivity index (χ1v) is 9.37. The lowest BCUT2D eigenvalue weighted by atomic mass is 9.95. The molecule has 1 N–H and O–H groups in total. The zero-order valence-electron chi connectivity index (χ0n) is 16.6. The number of carbonyl (C=O) groups excluding carboxylic acids is 4. The van der Waals surface area contributed by atoms with E-state index in [1.54, 1.807) is 0 Å². The van der Waals surface area contributed by atoms with Crippen molar-refractivity contribution < 1.29 is 33.4 Å². The van der Waals surface area contributed by atoms with Crippen molar-refractivity contribution in [1.82, 2.24) is 15.1 Å². The minimum Gasteiger partial charge on any atom is -0.467 e. The number of hydrogen-bond acceptors (Lipinski definition) is 7. The minimum absolute atomic E-state index is 0.0715. The average molecular weight is 399 g/mol. The lowest BCUT2D eigenvalue weighted by Crippen LogP contribution is -2.59. The number of nitrogens with zero attached hydrogens (tertiary/aromatic N) is 2. The summed E-state index contributed by atoms with van der Waals surface area (Å²) in [5.74, 6) is -1.33. The molecule has 10 heteroatoms. The summed E-state index contributed by atoms with van der Waals surface area (Å²) in [6.07, 6.45) is 2.02. The molecule has 0 spiro atoms. The number of amides is 3. The van der Waals surface area contributed by atoms with Gasteiger partial charge in [-0.05, 0) is 25.7 Å². The summed E-state index contributed by atoms with van der Waals surface area (Å²) >= 11 is 0. The normalized spacial score (nSPS) is 24.8. The van der Waals surface area contributed by atoms with Gasteiger partial charge in [0.2, 0.25) is 17.7 Å². The summed E-state index contributed by atoms with van der Waals surface area (Å²) < 4.78 is 14.6. The Hall–Kier alpha value is -2.20. The maximum atomic E-state index is 13.3. The van der Waals surface area contributed by atoms with Crippen molar-refractivity contribution in [1.29, 1.82) is 0 Å². The Morgan fingerprint density at radius 2 is 1.64 bits per heavy atom. The monoisotopic (exact) mass is 399 g/mol. The van der Waals surface area contributed by atoms with E-state index in [4.69, 9.17) is 14.2 Å². The van der Waals surface area contributed by atoms with Crippen LogP contribution in [-0.2, 0) is 33.4 Å². The van der Waals surface area contributed by atoms with E-state index >= 15 is 0 Å². The van der Waals surface area contributed by atoms with E-state index in [9.17, 15) is 19.2 Å². The molecule has 0 unspecified atom stereocenters. The molecule has 28 heavy (non-hydrogen) atoms. The van der Waals surface area contributed by atoms with E-state index in [1.807, 2.05) is 0 Å². The lowest BCUT2D eigenvalue weighted by Gasteiger charge is -2.40. The third-order valence-electron chi connectivity index (χ3n) is 5.13. The summed E-state index contributed by atoms with van der Waals surface area (Å²) in [4.78, 5) is 52.6. The molecule has 158 valence electrons. The van der Waals surface area contributed by atoms with Crippen LogP contribution in [0.5, 0.6) is 0 Å². The van der Waals surface area contributed by atoms with Crippen molar-refractivity contribution in [2.45, 2.75) is 43.8 Å². The zero-order valence-corrected chi connectivity index (χ0v) is 16.6. The van der Waals surface area contributed by atoms with E-state index < -0.39 is 18.1 Å². The summed E-state index contributed by atoms with van der Waals surface area (Å²) in [6.45, 7) is 0.540. The van der Waals surface area contributed by atoms with Gasteiger partial charge in [0, 0.05) is 33.4 Å². The number of methoxy groups -OCH3 is 3. The molecule has 0 aromatic carbocycles. The highest BCUT2D eigenvalue weighted by Gasteiger charge is 2.43. The topological polar surface area (TPSA) is 114 Å². The molecular weight excluding hydrogens is 370 g/mol. The Labute approximate surface area is 164 Å². The highest BCUT2D eigenvalue weighted by molar-refractivity contribution is 5.91. The summed E-state index contributed by atoms with van der Waals surface area (Å²) in [7, 11) is 4.14. The van der Waals surface area contributed by atoms with Crippen LogP contribution in [0, 0.1) is 0 Å². The Morgan fingerprint density at radius 1 is 0.929 bits per heavy atom. The Kier molecular flexibility index (Phi) is 8.18. The Balaban J connectivity index is 2.17. The van der Waals surface area contributed by atoms with E-state index in [2.05, 4.69) is 5.32 Å². The number of nitrogens with one attached hydrogen (secondary N) is 1.